The van der Waals surface area contributed by atoms with Crippen molar-refractivity contribution in [1.29, 1.82) is 0 Å². The molecule has 6 nitrogen and oxygen atoms in total. The Hall–Kier alpha value is -3.43. The predicted molar refractivity (Wildman–Crippen MR) is 148 cm³/mol. The quantitative estimate of drug-likeness (QED) is 0.259. The summed E-state index contributed by atoms with van der Waals surface area (Å²) in [6.45, 7) is 8.96. The number of carbonyl (C=O) groups excluding carboxylic acids is 2. The molecule has 1 atom stereocenters. The van der Waals surface area contributed by atoms with Crippen LogP contribution in [0.25, 0.3) is 10.4 Å². The van der Waals surface area contributed by atoms with Gasteiger partial charge in [0, 0.05) is 34.3 Å². The first-order valence-corrected chi connectivity index (χ1v) is 13.8. The van der Waals surface area contributed by atoms with E-state index < -0.39 is 11.3 Å². The number of thiophene rings is 1. The Balaban J connectivity index is 1.67. The third kappa shape index (κ3) is 5.78. The number of benzene rings is 2. The topological polar surface area (TPSA) is 75.2 Å². The van der Waals surface area contributed by atoms with Crippen LogP contribution in [0.1, 0.15) is 54.4 Å². The van der Waals surface area contributed by atoms with Crippen LogP contribution >= 0.6 is 22.7 Å². The largest absolute Gasteiger partial charge is 0.339 e. The lowest BCUT2D eigenvalue weighted by Crippen LogP contribution is -2.36. The fourth-order valence-corrected chi connectivity index (χ4v) is 6.14. The molecule has 37 heavy (non-hydrogen) atoms. The van der Waals surface area contributed by atoms with Crippen molar-refractivity contribution in [2.75, 3.05) is 18.4 Å². The molecule has 0 spiro atoms. The highest BCUT2D eigenvalue weighted by molar-refractivity contribution is 7.15. The van der Waals surface area contributed by atoms with E-state index in [1.54, 1.807) is 27.8 Å². The normalized spacial score (nSPS) is 12.2. The third-order valence-electron chi connectivity index (χ3n) is 6.45. The van der Waals surface area contributed by atoms with Crippen LogP contribution in [-0.4, -0.2) is 40.0 Å². The number of aromatic nitrogens is 2. The lowest BCUT2D eigenvalue weighted by molar-refractivity contribution is -0.124. The Kier molecular flexibility index (Phi) is 8.14. The van der Waals surface area contributed by atoms with Gasteiger partial charge in [-0.15, -0.1) is 21.5 Å². The minimum Gasteiger partial charge on any atom is -0.339 e. The Morgan fingerprint density at radius 3 is 2.41 bits per heavy atom. The summed E-state index contributed by atoms with van der Waals surface area (Å²) >= 11 is 2.80. The van der Waals surface area contributed by atoms with Gasteiger partial charge in [-0.1, -0.05) is 49.4 Å². The molecule has 0 radical (unpaired) electrons. The van der Waals surface area contributed by atoms with E-state index in [0.29, 0.717) is 29.3 Å². The van der Waals surface area contributed by atoms with Gasteiger partial charge in [0.1, 0.15) is 11.3 Å². The molecule has 0 aliphatic carbocycles. The summed E-state index contributed by atoms with van der Waals surface area (Å²) in [6.07, 6.45) is 0. The van der Waals surface area contributed by atoms with Crippen LogP contribution < -0.4 is 5.32 Å². The van der Waals surface area contributed by atoms with Crippen molar-refractivity contribution >= 4 is 39.6 Å². The van der Waals surface area contributed by atoms with Crippen molar-refractivity contribution in [2.24, 2.45) is 5.41 Å². The molecule has 4 rings (SSSR count). The van der Waals surface area contributed by atoms with E-state index in [-0.39, 0.29) is 17.6 Å². The third-order valence-corrected chi connectivity index (χ3v) is 8.25. The van der Waals surface area contributed by atoms with Gasteiger partial charge in [0.15, 0.2) is 0 Å². The highest BCUT2D eigenvalue weighted by Gasteiger charge is 2.40. The first-order chi connectivity index (χ1) is 17.7. The van der Waals surface area contributed by atoms with Crippen LogP contribution in [0.15, 0.2) is 66.2 Å². The monoisotopic (exact) mass is 536 g/mol. The second-order valence-corrected chi connectivity index (χ2v) is 11.1. The molecule has 0 aliphatic heterocycles. The maximum atomic E-state index is 14.3. The molecule has 9 heteroatoms. The number of carbonyl (C=O) groups is 2. The van der Waals surface area contributed by atoms with Crippen LogP contribution in [0.3, 0.4) is 0 Å². The Morgan fingerprint density at radius 1 is 1.05 bits per heavy atom. The zero-order valence-corrected chi connectivity index (χ0v) is 22.8. The van der Waals surface area contributed by atoms with Crippen molar-refractivity contribution in [3.05, 3.63) is 88.0 Å². The molecule has 2 heterocycles. The van der Waals surface area contributed by atoms with Crippen LogP contribution in [0.4, 0.5) is 9.52 Å². The second-order valence-electron chi connectivity index (χ2n) is 9.16. The number of nitrogens with one attached hydrogen (secondary N) is 1. The summed E-state index contributed by atoms with van der Waals surface area (Å²) in [5, 5.41) is 11.0. The molecule has 0 aliphatic rings. The fraction of sp³-hybridized carbons (Fsp3) is 0.286. The van der Waals surface area contributed by atoms with Crippen molar-refractivity contribution < 1.29 is 14.0 Å². The minimum absolute atomic E-state index is 0.0118. The van der Waals surface area contributed by atoms with Crippen LogP contribution in [-0.2, 0) is 4.79 Å². The van der Waals surface area contributed by atoms with E-state index in [9.17, 15) is 14.0 Å². The van der Waals surface area contributed by atoms with Gasteiger partial charge in [-0.2, -0.15) is 0 Å². The summed E-state index contributed by atoms with van der Waals surface area (Å²) in [5.41, 5.74) is 2.96. The molecule has 2 aromatic carbocycles. The van der Waals surface area contributed by atoms with Crippen molar-refractivity contribution in [3.8, 4) is 10.4 Å². The van der Waals surface area contributed by atoms with E-state index in [4.69, 9.17) is 0 Å². The molecular weight excluding hydrogens is 507 g/mol. The van der Waals surface area contributed by atoms with Crippen molar-refractivity contribution in [1.82, 2.24) is 15.1 Å². The van der Waals surface area contributed by atoms with Gasteiger partial charge < -0.3 is 10.2 Å². The smallest absolute Gasteiger partial charge is 0.253 e. The molecule has 0 unspecified atom stereocenters. The average Bonchev–Trinajstić information content (AvgIpc) is 3.57. The minimum atomic E-state index is -0.929. The first-order valence-electron chi connectivity index (χ1n) is 12.1. The zero-order valence-electron chi connectivity index (χ0n) is 21.2. The van der Waals surface area contributed by atoms with Crippen LogP contribution in [0, 0.1) is 11.2 Å². The Labute approximate surface area is 224 Å². The first kappa shape index (κ1) is 26.6. The van der Waals surface area contributed by atoms with E-state index >= 15 is 0 Å². The summed E-state index contributed by atoms with van der Waals surface area (Å²) in [4.78, 5) is 29.8. The maximum absolute atomic E-state index is 14.3. The van der Waals surface area contributed by atoms with Crippen molar-refractivity contribution in [2.45, 2.75) is 33.6 Å². The van der Waals surface area contributed by atoms with E-state index in [0.717, 1.165) is 15.3 Å². The van der Waals surface area contributed by atoms with E-state index in [2.05, 4.69) is 15.5 Å². The lowest BCUT2D eigenvalue weighted by atomic mass is 9.73. The predicted octanol–water partition coefficient (Wildman–Crippen LogP) is 6.68. The molecule has 2 aromatic heterocycles. The van der Waals surface area contributed by atoms with Gasteiger partial charge in [-0.05, 0) is 61.4 Å². The molecule has 0 saturated heterocycles. The molecule has 1 N–H and O–H groups in total. The molecule has 0 bridgehead atoms. The summed E-state index contributed by atoms with van der Waals surface area (Å²) in [5.74, 6) is -0.975. The highest BCUT2D eigenvalue weighted by Crippen LogP contribution is 2.46. The van der Waals surface area contributed by atoms with Gasteiger partial charge in [0.2, 0.25) is 11.0 Å². The molecular formula is C28H29FN4O2S2. The molecule has 2 amide bonds. The lowest BCUT2D eigenvalue weighted by Gasteiger charge is -2.32. The van der Waals surface area contributed by atoms with Gasteiger partial charge in [0.25, 0.3) is 5.91 Å². The van der Waals surface area contributed by atoms with Crippen LogP contribution in [0.2, 0.25) is 0 Å². The van der Waals surface area contributed by atoms with E-state index in [1.807, 2.05) is 70.2 Å². The Bertz CT molecular complexity index is 1360. The highest BCUT2D eigenvalue weighted by atomic mass is 32.1. The molecule has 192 valence electrons. The number of rotatable bonds is 9. The summed E-state index contributed by atoms with van der Waals surface area (Å²) < 4.78 is 14.3. The standard InChI is InChI=1S/C28H29FN4O2S2/c1-5-33(6-2)25(34)19-12-10-18(11-13-19)22-14-15-23(37-22)24(20-8-7-9-21(29)16-20)28(3,4)26(35)31-27-32-30-17-36-27/h7-17,24H,5-6H2,1-4H3,(H,31,32,35)/t24-/m0/s1. The number of hydrogen-bond acceptors (Lipinski definition) is 6. The SMILES string of the molecule is CCN(CC)C(=O)c1ccc(-c2ccc([C@H](c3cccc(F)c3)C(C)(C)C(=O)Nc3nncs3)s2)cc1. The second kappa shape index (κ2) is 11.3. The number of hydrogen-bond donors (Lipinski definition) is 1. The molecule has 4 aromatic rings. The van der Waals surface area contributed by atoms with Crippen molar-refractivity contribution in [3.63, 3.8) is 0 Å². The molecule has 0 fully saturated rings. The number of anilines is 1. The number of halogens is 1. The van der Waals surface area contributed by atoms with Gasteiger partial charge in [-0.3, -0.25) is 9.59 Å². The van der Waals surface area contributed by atoms with Crippen LogP contribution in [0.5, 0.6) is 0 Å². The summed E-state index contributed by atoms with van der Waals surface area (Å²) in [6, 6.07) is 18.0. The van der Waals surface area contributed by atoms with Gasteiger partial charge in [-0.25, -0.2) is 4.39 Å². The number of nitrogens with zero attached hydrogens (tertiary/aromatic N) is 3. The fourth-order valence-electron chi connectivity index (χ4n) is 4.37. The zero-order chi connectivity index (χ0) is 26.6. The van der Waals surface area contributed by atoms with Gasteiger partial charge >= 0.3 is 0 Å². The average molecular weight is 537 g/mol. The van der Waals surface area contributed by atoms with Gasteiger partial charge in [0.05, 0.1) is 5.41 Å². The van der Waals surface area contributed by atoms with E-state index in [1.165, 1.54) is 23.5 Å². The Morgan fingerprint density at radius 2 is 1.78 bits per heavy atom. The molecule has 0 saturated carbocycles. The summed E-state index contributed by atoms with van der Waals surface area (Å²) in [7, 11) is 0. The number of amides is 2. The maximum Gasteiger partial charge on any atom is 0.253 e.